The van der Waals surface area contributed by atoms with E-state index in [1.807, 2.05) is 23.6 Å². The third-order valence-electron chi connectivity index (χ3n) is 6.26. The number of hydrogen-bond donors (Lipinski definition) is 0. The van der Waals surface area contributed by atoms with Crippen LogP contribution in [-0.4, -0.2) is 41.0 Å². The van der Waals surface area contributed by atoms with Crippen LogP contribution in [0.3, 0.4) is 0 Å². The molecule has 1 aliphatic heterocycles. The predicted molar refractivity (Wildman–Crippen MR) is 135 cm³/mol. The third kappa shape index (κ3) is 4.54. The normalized spacial score (nSPS) is 15.4. The number of rotatable bonds is 5. The van der Waals surface area contributed by atoms with Crippen molar-refractivity contribution in [1.29, 1.82) is 0 Å². The van der Waals surface area contributed by atoms with E-state index in [1.54, 1.807) is 0 Å². The summed E-state index contributed by atoms with van der Waals surface area (Å²) in [5.41, 5.74) is 5.01. The van der Waals surface area contributed by atoms with E-state index in [0.717, 1.165) is 49.7 Å². The Kier molecular flexibility index (Phi) is 6.19. The summed E-state index contributed by atoms with van der Waals surface area (Å²) in [7, 11) is 0. The highest BCUT2D eigenvalue weighted by molar-refractivity contribution is 7.15. The zero-order valence-electron chi connectivity index (χ0n) is 18.9. The molecule has 1 saturated heterocycles. The van der Waals surface area contributed by atoms with Crippen LogP contribution in [0, 0.1) is 0 Å². The van der Waals surface area contributed by atoms with Crippen LogP contribution in [0.5, 0.6) is 0 Å². The Labute approximate surface area is 194 Å². The van der Waals surface area contributed by atoms with Gasteiger partial charge in [0.1, 0.15) is 5.01 Å². The van der Waals surface area contributed by atoms with Crippen LogP contribution in [0.2, 0.25) is 0 Å². The van der Waals surface area contributed by atoms with Gasteiger partial charge in [0.25, 0.3) is 0 Å². The average molecular weight is 443 g/mol. The van der Waals surface area contributed by atoms with E-state index < -0.39 is 0 Å². The summed E-state index contributed by atoms with van der Waals surface area (Å²) < 4.78 is 0. The van der Waals surface area contributed by atoms with Crippen molar-refractivity contribution in [3.63, 3.8) is 0 Å². The number of thiazole rings is 1. The van der Waals surface area contributed by atoms with Crippen molar-refractivity contribution in [1.82, 2.24) is 14.9 Å². The van der Waals surface area contributed by atoms with Gasteiger partial charge in [0.15, 0.2) is 0 Å². The van der Waals surface area contributed by atoms with Crippen LogP contribution in [0.25, 0.3) is 21.5 Å². The van der Waals surface area contributed by atoms with Crippen LogP contribution < -0.4 is 4.90 Å². The van der Waals surface area contributed by atoms with E-state index in [1.165, 1.54) is 27.1 Å². The topological polar surface area (TPSA) is 32.3 Å². The second-order valence-electron chi connectivity index (χ2n) is 8.88. The SMILES string of the molecule is CC(C)c1cc(N2CCCN(Cc3cnc(-c4ccccc4)s3)CC2)c2ncccc2c1. The van der Waals surface area contributed by atoms with E-state index in [4.69, 9.17) is 4.98 Å². The largest absolute Gasteiger partial charge is 0.368 e. The Morgan fingerprint density at radius 2 is 1.81 bits per heavy atom. The standard InChI is InChI=1S/C27H30N4S/c1-20(2)23-16-22-10-6-11-28-26(22)25(17-23)31-13-7-12-30(14-15-31)19-24-18-29-27(32-24)21-8-4-3-5-9-21/h3-6,8-11,16-18,20H,7,12-15,19H2,1-2H3. The molecule has 1 fully saturated rings. The molecule has 2 aromatic carbocycles. The highest BCUT2D eigenvalue weighted by atomic mass is 32.1. The molecule has 5 rings (SSSR count). The van der Waals surface area contributed by atoms with Gasteiger partial charge in [0.05, 0.1) is 11.2 Å². The molecule has 32 heavy (non-hydrogen) atoms. The van der Waals surface area contributed by atoms with E-state index in [0.29, 0.717) is 5.92 Å². The summed E-state index contributed by atoms with van der Waals surface area (Å²) in [6.07, 6.45) is 5.13. The number of benzene rings is 2. The highest BCUT2D eigenvalue weighted by Gasteiger charge is 2.19. The Morgan fingerprint density at radius 1 is 0.938 bits per heavy atom. The van der Waals surface area contributed by atoms with Crippen LogP contribution in [0.15, 0.2) is 67.0 Å². The van der Waals surface area contributed by atoms with Crippen molar-refractivity contribution < 1.29 is 0 Å². The molecule has 0 N–H and O–H groups in total. The van der Waals surface area contributed by atoms with E-state index >= 15 is 0 Å². The first kappa shape index (κ1) is 21.1. The minimum absolute atomic E-state index is 0.506. The number of nitrogens with zero attached hydrogens (tertiary/aromatic N) is 4. The van der Waals surface area contributed by atoms with Gasteiger partial charge in [-0.25, -0.2) is 4.98 Å². The van der Waals surface area contributed by atoms with Crippen molar-refractivity contribution >= 4 is 27.9 Å². The first-order valence-corrected chi connectivity index (χ1v) is 12.3. The molecule has 0 spiro atoms. The smallest absolute Gasteiger partial charge is 0.123 e. The zero-order valence-corrected chi connectivity index (χ0v) is 19.7. The second kappa shape index (κ2) is 9.39. The second-order valence-corrected chi connectivity index (χ2v) is 10.00. The molecule has 164 valence electrons. The maximum Gasteiger partial charge on any atom is 0.123 e. The number of aromatic nitrogens is 2. The maximum absolute atomic E-state index is 4.74. The molecule has 0 atom stereocenters. The summed E-state index contributed by atoms with van der Waals surface area (Å²) in [4.78, 5) is 15.9. The molecular weight excluding hydrogens is 412 g/mol. The van der Waals surface area contributed by atoms with Gasteiger partial charge < -0.3 is 4.90 Å². The number of pyridine rings is 1. The molecule has 1 aliphatic rings. The maximum atomic E-state index is 4.74. The average Bonchev–Trinajstić information content (AvgIpc) is 3.17. The third-order valence-corrected chi connectivity index (χ3v) is 7.29. The lowest BCUT2D eigenvalue weighted by Crippen LogP contribution is -2.30. The molecule has 4 aromatic rings. The van der Waals surface area contributed by atoms with Gasteiger partial charge in [-0.15, -0.1) is 11.3 Å². The van der Waals surface area contributed by atoms with Crippen LogP contribution >= 0.6 is 11.3 Å². The molecule has 4 nitrogen and oxygen atoms in total. The van der Waals surface area contributed by atoms with Crippen LogP contribution in [0.1, 0.15) is 36.6 Å². The number of fused-ring (bicyclic) bond motifs is 1. The number of anilines is 1. The summed E-state index contributed by atoms with van der Waals surface area (Å²) in [5, 5.41) is 2.35. The monoisotopic (exact) mass is 442 g/mol. The first-order chi connectivity index (χ1) is 15.7. The molecule has 0 amide bonds. The Bertz CT molecular complexity index is 1180. The van der Waals surface area contributed by atoms with Gasteiger partial charge in [-0.05, 0) is 36.1 Å². The molecule has 0 radical (unpaired) electrons. The summed E-state index contributed by atoms with van der Waals surface area (Å²) in [6, 6.07) is 19.4. The predicted octanol–water partition coefficient (Wildman–Crippen LogP) is 6.19. The van der Waals surface area contributed by atoms with Crippen molar-refractivity contribution in [3.05, 3.63) is 77.4 Å². The lowest BCUT2D eigenvalue weighted by Gasteiger charge is -2.25. The molecular formula is C27H30N4S. The molecule has 2 aromatic heterocycles. The Morgan fingerprint density at radius 3 is 2.66 bits per heavy atom. The van der Waals surface area contributed by atoms with Gasteiger partial charge in [-0.2, -0.15) is 0 Å². The fourth-order valence-electron chi connectivity index (χ4n) is 4.46. The summed E-state index contributed by atoms with van der Waals surface area (Å²) in [6.45, 7) is 9.78. The van der Waals surface area contributed by atoms with Crippen molar-refractivity contribution in [2.45, 2.75) is 32.7 Å². The minimum atomic E-state index is 0.506. The van der Waals surface area contributed by atoms with Crippen molar-refractivity contribution in [2.75, 3.05) is 31.1 Å². The Balaban J connectivity index is 1.31. The fourth-order valence-corrected chi connectivity index (χ4v) is 5.42. The first-order valence-electron chi connectivity index (χ1n) is 11.5. The van der Waals surface area contributed by atoms with Gasteiger partial charge in [0, 0.05) is 60.9 Å². The molecule has 0 aliphatic carbocycles. The lowest BCUT2D eigenvalue weighted by molar-refractivity contribution is 0.288. The van der Waals surface area contributed by atoms with E-state index in [-0.39, 0.29) is 0 Å². The molecule has 5 heteroatoms. The highest BCUT2D eigenvalue weighted by Crippen LogP contribution is 2.31. The van der Waals surface area contributed by atoms with Gasteiger partial charge in [-0.1, -0.05) is 50.2 Å². The summed E-state index contributed by atoms with van der Waals surface area (Å²) >= 11 is 1.81. The van der Waals surface area contributed by atoms with E-state index in [2.05, 4.69) is 83.4 Å². The zero-order chi connectivity index (χ0) is 21.9. The molecule has 3 heterocycles. The van der Waals surface area contributed by atoms with Crippen molar-refractivity contribution in [2.24, 2.45) is 0 Å². The molecule has 0 bridgehead atoms. The van der Waals surface area contributed by atoms with Gasteiger partial charge >= 0.3 is 0 Å². The number of hydrogen-bond acceptors (Lipinski definition) is 5. The molecule has 0 unspecified atom stereocenters. The van der Waals surface area contributed by atoms with Gasteiger partial charge in [0.2, 0.25) is 0 Å². The summed E-state index contributed by atoms with van der Waals surface area (Å²) in [5.74, 6) is 0.506. The minimum Gasteiger partial charge on any atom is -0.368 e. The van der Waals surface area contributed by atoms with Crippen LogP contribution in [0.4, 0.5) is 5.69 Å². The van der Waals surface area contributed by atoms with Crippen LogP contribution in [-0.2, 0) is 6.54 Å². The Hall–Kier alpha value is -2.76. The van der Waals surface area contributed by atoms with Crippen molar-refractivity contribution in [3.8, 4) is 10.6 Å². The lowest BCUT2D eigenvalue weighted by atomic mass is 9.99. The fraction of sp³-hybridized carbons (Fsp3) is 0.333. The van der Waals surface area contributed by atoms with E-state index in [9.17, 15) is 0 Å². The van der Waals surface area contributed by atoms with Gasteiger partial charge in [-0.3, -0.25) is 9.88 Å². The molecule has 0 saturated carbocycles. The quantitative estimate of drug-likeness (QED) is 0.369.